The molecule has 6 rings (SSSR count). The molecule has 3 N–H and O–H groups in total. The Labute approximate surface area is 270 Å². The summed E-state index contributed by atoms with van der Waals surface area (Å²) in [5, 5.41) is 19.7. The van der Waals surface area contributed by atoms with Crippen LogP contribution in [0.2, 0.25) is 0 Å². The van der Waals surface area contributed by atoms with Crippen molar-refractivity contribution in [3.63, 3.8) is 0 Å². The van der Waals surface area contributed by atoms with E-state index in [2.05, 4.69) is 31.2 Å². The van der Waals surface area contributed by atoms with Gasteiger partial charge in [-0.2, -0.15) is 0 Å². The molecule has 4 atom stereocenters. The fraction of sp³-hybridized carbons (Fsp3) is 0.364. The molecule has 46 heavy (non-hydrogen) atoms. The third-order valence-corrected chi connectivity index (χ3v) is 9.20. The number of rotatable bonds is 6. The molecule has 238 valence electrons. The Hall–Kier alpha value is -4.91. The van der Waals surface area contributed by atoms with Crippen LogP contribution in [-0.4, -0.2) is 73.2 Å². The number of hydrogen-bond donors (Lipinski definition) is 3. The molecule has 0 saturated carbocycles. The lowest BCUT2D eigenvalue weighted by Crippen LogP contribution is -2.58. The summed E-state index contributed by atoms with van der Waals surface area (Å²) in [6.45, 7) is 3.96. The van der Waals surface area contributed by atoms with Gasteiger partial charge in [0.05, 0.1) is 23.8 Å². The SMILES string of the molecule is CC(C)[C@@H]1NC(=O)[C@@H]2C[C@@H](CN2C(=O)c2csc(Cc3ccccc3)n2)n2cc(nn2)CNC(=O)[C@@H](Cc2ccccc2)NC1=O. The van der Waals surface area contributed by atoms with Gasteiger partial charge in [0.15, 0.2) is 0 Å². The fourth-order valence-electron chi connectivity index (χ4n) is 5.87. The minimum absolute atomic E-state index is 0.104. The number of nitrogens with one attached hydrogen (secondary N) is 3. The van der Waals surface area contributed by atoms with E-state index < -0.39 is 29.9 Å². The first-order chi connectivity index (χ1) is 22.2. The number of aromatic nitrogens is 4. The van der Waals surface area contributed by atoms with Crippen molar-refractivity contribution in [3.8, 4) is 0 Å². The van der Waals surface area contributed by atoms with E-state index in [1.165, 1.54) is 16.2 Å². The molecule has 4 bridgehead atoms. The van der Waals surface area contributed by atoms with E-state index in [0.717, 1.165) is 16.1 Å². The minimum atomic E-state index is -0.936. The van der Waals surface area contributed by atoms with E-state index in [-0.39, 0.29) is 55.4 Å². The van der Waals surface area contributed by atoms with Crippen molar-refractivity contribution in [2.45, 2.75) is 63.8 Å². The number of likely N-dealkylation sites (tertiary alicyclic amines) is 1. The number of benzene rings is 2. The highest BCUT2D eigenvalue weighted by atomic mass is 32.1. The lowest BCUT2D eigenvalue weighted by molar-refractivity contribution is -0.134. The predicted octanol–water partition coefficient (Wildman–Crippen LogP) is 2.28. The zero-order valence-electron chi connectivity index (χ0n) is 25.6. The number of thiazole rings is 1. The molecular weight excluding hydrogens is 604 g/mol. The zero-order chi connectivity index (χ0) is 32.2. The van der Waals surface area contributed by atoms with Gasteiger partial charge in [0.1, 0.15) is 29.5 Å². The van der Waals surface area contributed by atoms with E-state index in [9.17, 15) is 19.2 Å². The molecule has 0 radical (unpaired) electrons. The second kappa shape index (κ2) is 13.6. The molecule has 2 aromatic heterocycles. The maximum Gasteiger partial charge on any atom is 0.274 e. The van der Waals surface area contributed by atoms with Crippen LogP contribution in [0.4, 0.5) is 0 Å². The molecule has 4 aromatic rings. The Balaban J connectivity index is 1.27. The van der Waals surface area contributed by atoms with Gasteiger partial charge in [-0.05, 0) is 17.0 Å². The highest BCUT2D eigenvalue weighted by molar-refractivity contribution is 7.09. The molecule has 13 heteroatoms. The van der Waals surface area contributed by atoms with E-state index in [0.29, 0.717) is 12.1 Å². The number of nitrogens with zero attached hydrogens (tertiary/aromatic N) is 5. The Morgan fingerprint density at radius 3 is 2.39 bits per heavy atom. The van der Waals surface area contributed by atoms with Crippen molar-refractivity contribution in [2.75, 3.05) is 6.54 Å². The fourth-order valence-corrected chi connectivity index (χ4v) is 6.67. The summed E-state index contributed by atoms with van der Waals surface area (Å²) in [6.07, 6.45) is 2.85. The Morgan fingerprint density at radius 2 is 1.67 bits per heavy atom. The number of hydrogen-bond acceptors (Lipinski definition) is 8. The molecule has 2 aromatic carbocycles. The van der Waals surface area contributed by atoms with Crippen LogP contribution in [-0.2, 0) is 33.8 Å². The van der Waals surface area contributed by atoms with Gasteiger partial charge >= 0.3 is 0 Å². The molecule has 0 unspecified atom stereocenters. The molecular formula is C33H36N8O4S. The first-order valence-electron chi connectivity index (χ1n) is 15.4. The molecule has 0 spiro atoms. The summed E-state index contributed by atoms with van der Waals surface area (Å²) in [4.78, 5) is 61.0. The van der Waals surface area contributed by atoms with E-state index in [1.807, 2.05) is 74.5 Å². The summed E-state index contributed by atoms with van der Waals surface area (Å²) in [7, 11) is 0. The molecule has 2 aliphatic rings. The van der Waals surface area contributed by atoms with Crippen molar-refractivity contribution in [1.29, 1.82) is 0 Å². The van der Waals surface area contributed by atoms with Crippen molar-refractivity contribution in [3.05, 3.63) is 99.8 Å². The van der Waals surface area contributed by atoms with E-state index in [1.54, 1.807) is 16.3 Å². The van der Waals surface area contributed by atoms with E-state index in [4.69, 9.17) is 0 Å². The molecule has 0 aliphatic carbocycles. The van der Waals surface area contributed by atoms with Crippen molar-refractivity contribution >= 4 is 35.0 Å². The third kappa shape index (κ3) is 6.99. The summed E-state index contributed by atoms with van der Waals surface area (Å²) in [5.41, 5.74) is 2.75. The Bertz CT molecular complexity index is 1710. The zero-order valence-corrected chi connectivity index (χ0v) is 26.4. The van der Waals surface area contributed by atoms with Crippen LogP contribution in [0.3, 0.4) is 0 Å². The summed E-state index contributed by atoms with van der Waals surface area (Å²) in [6, 6.07) is 16.2. The number of carbonyl (C=O) groups excluding carboxylic acids is 4. The predicted molar refractivity (Wildman–Crippen MR) is 171 cm³/mol. The Kier molecular flexibility index (Phi) is 9.20. The molecule has 12 nitrogen and oxygen atoms in total. The maximum atomic E-state index is 13.9. The lowest BCUT2D eigenvalue weighted by atomic mass is 10.00. The van der Waals surface area contributed by atoms with Crippen LogP contribution >= 0.6 is 11.3 Å². The van der Waals surface area contributed by atoms with Gasteiger partial charge in [-0.1, -0.05) is 79.7 Å². The number of carbonyl (C=O) groups is 4. The van der Waals surface area contributed by atoms with E-state index >= 15 is 0 Å². The second-order valence-corrected chi connectivity index (χ2v) is 13.0. The largest absolute Gasteiger partial charge is 0.349 e. The average molecular weight is 641 g/mol. The monoisotopic (exact) mass is 640 g/mol. The summed E-state index contributed by atoms with van der Waals surface area (Å²) in [5.74, 6) is -1.96. The molecule has 4 amide bonds. The van der Waals surface area contributed by atoms with Gasteiger partial charge in [0, 0.05) is 31.2 Å². The topological polar surface area (TPSA) is 151 Å². The first-order valence-corrected chi connectivity index (χ1v) is 16.3. The smallest absolute Gasteiger partial charge is 0.274 e. The maximum absolute atomic E-state index is 13.9. The molecule has 2 aliphatic heterocycles. The minimum Gasteiger partial charge on any atom is -0.349 e. The quantitative estimate of drug-likeness (QED) is 0.293. The van der Waals surface area contributed by atoms with Gasteiger partial charge in [0.25, 0.3) is 5.91 Å². The highest BCUT2D eigenvalue weighted by Crippen LogP contribution is 2.30. The van der Waals surface area contributed by atoms with Gasteiger partial charge in [0.2, 0.25) is 17.7 Å². The summed E-state index contributed by atoms with van der Waals surface area (Å²) < 4.78 is 1.64. The lowest BCUT2D eigenvalue weighted by Gasteiger charge is -2.28. The van der Waals surface area contributed by atoms with Crippen LogP contribution < -0.4 is 16.0 Å². The molecule has 4 heterocycles. The molecule has 1 fully saturated rings. The third-order valence-electron chi connectivity index (χ3n) is 8.35. The van der Waals surface area contributed by atoms with Crippen LogP contribution in [0.1, 0.15) is 58.6 Å². The van der Waals surface area contributed by atoms with Gasteiger partial charge < -0.3 is 20.9 Å². The standard InChI is InChI=1S/C33H36N8O4S/c1-20(2)29-32(44)36-25(13-21-9-5-3-6-10-21)30(42)34-16-23-17-41(39-38-23)24-15-27(31(43)37-29)40(18-24)33(45)26-19-46-28(35-26)14-22-11-7-4-8-12-22/h3-12,17,19-20,24-25,27,29H,13-16,18H2,1-2H3,(H,34,42)(H,36,44)(H,37,43)/t24-,25+,27-,29-/m0/s1. The van der Waals surface area contributed by atoms with Crippen molar-refractivity contribution in [1.82, 2.24) is 40.8 Å². The number of fused-ring (bicyclic) bond motifs is 5. The van der Waals surface area contributed by atoms with Crippen LogP contribution in [0.25, 0.3) is 0 Å². The number of amides is 4. The van der Waals surface area contributed by atoms with Gasteiger partial charge in [-0.3, -0.25) is 19.2 Å². The van der Waals surface area contributed by atoms with Crippen LogP contribution in [0.15, 0.2) is 72.2 Å². The summed E-state index contributed by atoms with van der Waals surface area (Å²) >= 11 is 1.40. The van der Waals surface area contributed by atoms with Crippen LogP contribution in [0.5, 0.6) is 0 Å². The normalized spacial score (nSPS) is 22.1. The van der Waals surface area contributed by atoms with Crippen molar-refractivity contribution < 1.29 is 19.2 Å². The molecule has 1 saturated heterocycles. The first kappa shape index (κ1) is 31.1. The van der Waals surface area contributed by atoms with Gasteiger partial charge in [-0.15, -0.1) is 16.4 Å². The average Bonchev–Trinajstić information content (AvgIpc) is 3.82. The van der Waals surface area contributed by atoms with Gasteiger partial charge in [-0.25, -0.2) is 9.67 Å². The van der Waals surface area contributed by atoms with Crippen LogP contribution in [0, 0.1) is 5.92 Å². The Morgan fingerprint density at radius 1 is 0.957 bits per heavy atom. The second-order valence-electron chi connectivity index (χ2n) is 12.0. The highest BCUT2D eigenvalue weighted by Gasteiger charge is 2.43. The van der Waals surface area contributed by atoms with Crippen molar-refractivity contribution in [2.24, 2.45) is 5.92 Å².